The van der Waals surface area contributed by atoms with Gasteiger partial charge in [-0.25, -0.2) is 5.06 Å². The highest BCUT2D eigenvalue weighted by Crippen LogP contribution is 2.35. The molecule has 19 heavy (non-hydrogen) atoms. The second kappa shape index (κ2) is 5.36. The predicted molar refractivity (Wildman–Crippen MR) is 70.9 cm³/mol. The Bertz CT molecular complexity index is 547. The fourth-order valence-electron chi connectivity index (χ4n) is 2.07. The van der Waals surface area contributed by atoms with Gasteiger partial charge in [0, 0.05) is 5.56 Å². The van der Waals surface area contributed by atoms with Crippen molar-refractivity contribution >= 4 is 5.70 Å². The Kier molecular flexibility index (Phi) is 3.81. The summed E-state index contributed by atoms with van der Waals surface area (Å²) in [5.41, 5.74) is 3.49. The molecule has 4 heteroatoms. The number of hydrogen-bond donors (Lipinski definition) is 0. The van der Waals surface area contributed by atoms with E-state index >= 15 is 0 Å². The van der Waals surface area contributed by atoms with Crippen molar-refractivity contribution in [2.75, 3.05) is 0 Å². The summed E-state index contributed by atoms with van der Waals surface area (Å²) in [6.07, 6.45) is 1.91. The Morgan fingerprint density at radius 3 is 2.37 bits per heavy atom. The lowest BCUT2D eigenvalue weighted by Gasteiger charge is -2.32. The van der Waals surface area contributed by atoms with Gasteiger partial charge in [-0.2, -0.15) is 13.6 Å². The molecule has 0 spiro atoms. The second-order valence-corrected chi connectivity index (χ2v) is 4.33. The Hall–Kier alpha value is -1.94. The van der Waals surface area contributed by atoms with Gasteiger partial charge in [-0.1, -0.05) is 43.0 Å². The zero-order chi connectivity index (χ0) is 14.0. The van der Waals surface area contributed by atoms with Gasteiger partial charge in [0.2, 0.25) is 0 Å². The lowest BCUT2D eigenvalue weighted by molar-refractivity contribution is -0.239. The summed E-state index contributed by atoms with van der Waals surface area (Å²) >= 11 is 0. The third-order valence-electron chi connectivity index (χ3n) is 2.94. The van der Waals surface area contributed by atoms with Crippen molar-refractivity contribution in [1.29, 1.82) is 0 Å². The predicted octanol–water partition coefficient (Wildman–Crippen LogP) is 4.35. The van der Waals surface area contributed by atoms with Gasteiger partial charge in [0.15, 0.2) is 0 Å². The smallest absolute Gasteiger partial charge is 0.216 e. The molecule has 2 rings (SSSR count). The fourth-order valence-corrected chi connectivity index (χ4v) is 2.07. The molecule has 0 fully saturated rings. The number of rotatable bonds is 3. The summed E-state index contributed by atoms with van der Waals surface area (Å²) in [4.78, 5) is 4.61. The van der Waals surface area contributed by atoms with Crippen LogP contribution in [0.5, 0.6) is 0 Å². The molecule has 1 aliphatic heterocycles. The van der Waals surface area contributed by atoms with E-state index in [1.54, 1.807) is 0 Å². The van der Waals surface area contributed by atoms with Crippen LogP contribution >= 0.6 is 0 Å². The van der Waals surface area contributed by atoms with E-state index in [0.29, 0.717) is 11.4 Å². The van der Waals surface area contributed by atoms with Crippen LogP contribution in [0.3, 0.4) is 0 Å². The lowest BCUT2D eigenvalue weighted by Crippen LogP contribution is -2.27. The van der Waals surface area contributed by atoms with Crippen molar-refractivity contribution < 1.29 is 13.6 Å². The lowest BCUT2D eigenvalue weighted by atomic mass is 9.99. The molecule has 0 bridgehead atoms. The molecule has 100 valence electrons. The van der Waals surface area contributed by atoms with E-state index < -0.39 is 6.61 Å². The zero-order valence-corrected chi connectivity index (χ0v) is 10.9. The van der Waals surface area contributed by atoms with Crippen LogP contribution in [0.15, 0.2) is 59.8 Å². The van der Waals surface area contributed by atoms with Gasteiger partial charge in [-0.05, 0) is 25.0 Å². The van der Waals surface area contributed by atoms with E-state index in [0.717, 1.165) is 21.8 Å². The summed E-state index contributed by atoms with van der Waals surface area (Å²) in [6, 6.07) is 9.27. The second-order valence-electron chi connectivity index (χ2n) is 4.33. The summed E-state index contributed by atoms with van der Waals surface area (Å²) in [6.45, 7) is 4.59. The quantitative estimate of drug-likeness (QED) is 0.804. The molecular weight excluding hydrogens is 248 g/mol. The Morgan fingerprint density at radius 1 is 1.16 bits per heavy atom. The van der Waals surface area contributed by atoms with E-state index in [2.05, 4.69) is 11.4 Å². The first-order chi connectivity index (χ1) is 9.00. The van der Waals surface area contributed by atoms with E-state index in [4.69, 9.17) is 0 Å². The van der Waals surface area contributed by atoms with Gasteiger partial charge in [0.25, 0.3) is 0 Å². The summed E-state index contributed by atoms with van der Waals surface area (Å²) < 4.78 is 25.2. The Labute approximate surface area is 111 Å². The first-order valence-electron chi connectivity index (χ1n) is 5.89. The number of benzene rings is 1. The minimum Gasteiger partial charge on any atom is -0.216 e. The molecule has 0 radical (unpaired) electrons. The number of nitrogens with zero attached hydrogens (tertiary/aromatic N) is 1. The molecule has 0 unspecified atom stereocenters. The molecule has 2 nitrogen and oxygen atoms in total. The molecule has 0 saturated carbocycles. The fraction of sp³-hybridized carbons (Fsp3) is 0.200. The van der Waals surface area contributed by atoms with Crippen LogP contribution in [0, 0.1) is 0 Å². The van der Waals surface area contributed by atoms with E-state index in [1.807, 2.05) is 50.3 Å². The molecule has 1 heterocycles. The van der Waals surface area contributed by atoms with Crippen LogP contribution in [-0.2, 0) is 4.84 Å². The van der Waals surface area contributed by atoms with Gasteiger partial charge in [0.05, 0.1) is 11.4 Å². The normalized spacial score (nSPS) is 16.2. The van der Waals surface area contributed by atoms with E-state index in [1.165, 1.54) is 0 Å². The standard InChI is InChI=1S/C15H15F2NO/c1-10-9-11(2)14(13-7-5-4-6-8-13)18(12(10)3)19-15(16)17/h4-9,15H,3H2,1-2H3. The zero-order valence-electron chi connectivity index (χ0n) is 10.9. The maximum absolute atomic E-state index is 12.6. The number of halogens is 2. The monoisotopic (exact) mass is 263 g/mol. The van der Waals surface area contributed by atoms with Crippen LogP contribution in [0.4, 0.5) is 8.78 Å². The molecule has 0 atom stereocenters. The average molecular weight is 263 g/mol. The minimum absolute atomic E-state index is 0.421. The topological polar surface area (TPSA) is 12.5 Å². The molecule has 0 aliphatic carbocycles. The third-order valence-corrected chi connectivity index (χ3v) is 2.94. The van der Waals surface area contributed by atoms with E-state index in [9.17, 15) is 8.78 Å². The third kappa shape index (κ3) is 2.74. The van der Waals surface area contributed by atoms with Crippen LogP contribution < -0.4 is 0 Å². The highest BCUT2D eigenvalue weighted by atomic mass is 19.3. The maximum Gasteiger partial charge on any atom is 0.365 e. The van der Waals surface area contributed by atoms with Gasteiger partial charge >= 0.3 is 6.61 Å². The SMILES string of the molecule is C=C1C(C)=CC(C)=C(c2ccccc2)N1OC(F)F. The average Bonchev–Trinajstić information content (AvgIpc) is 2.36. The number of hydroxylamine groups is 2. The minimum atomic E-state index is -2.89. The largest absolute Gasteiger partial charge is 0.365 e. The number of allylic oxidation sites excluding steroid dienone is 3. The molecule has 0 saturated heterocycles. The van der Waals surface area contributed by atoms with Crippen molar-refractivity contribution in [3.05, 3.63) is 65.4 Å². The molecule has 1 aromatic rings. The summed E-state index contributed by atoms with van der Waals surface area (Å²) in [5.74, 6) is 0. The van der Waals surface area contributed by atoms with Gasteiger partial charge in [-0.15, -0.1) is 0 Å². The molecule has 0 amide bonds. The number of alkyl halides is 2. The first-order valence-corrected chi connectivity index (χ1v) is 5.89. The van der Waals surface area contributed by atoms with Gasteiger partial charge in [-0.3, -0.25) is 0 Å². The van der Waals surface area contributed by atoms with Crippen molar-refractivity contribution in [3.63, 3.8) is 0 Å². The highest BCUT2D eigenvalue weighted by Gasteiger charge is 2.25. The van der Waals surface area contributed by atoms with Crippen molar-refractivity contribution in [2.24, 2.45) is 0 Å². The first kappa shape index (κ1) is 13.5. The Morgan fingerprint density at radius 2 is 1.79 bits per heavy atom. The van der Waals surface area contributed by atoms with Crippen molar-refractivity contribution in [3.8, 4) is 0 Å². The Balaban J connectivity index is 2.51. The van der Waals surface area contributed by atoms with Crippen LogP contribution in [0.2, 0.25) is 0 Å². The molecule has 1 aliphatic rings. The van der Waals surface area contributed by atoms with Crippen molar-refractivity contribution in [2.45, 2.75) is 20.5 Å². The van der Waals surface area contributed by atoms with Crippen LogP contribution in [-0.4, -0.2) is 11.7 Å². The van der Waals surface area contributed by atoms with Crippen molar-refractivity contribution in [1.82, 2.24) is 5.06 Å². The van der Waals surface area contributed by atoms with E-state index in [-0.39, 0.29) is 0 Å². The number of hydrogen-bond acceptors (Lipinski definition) is 2. The molecule has 0 aromatic heterocycles. The summed E-state index contributed by atoms with van der Waals surface area (Å²) in [7, 11) is 0. The maximum atomic E-state index is 12.6. The molecular formula is C15H15F2NO. The van der Waals surface area contributed by atoms with Gasteiger partial charge < -0.3 is 0 Å². The van der Waals surface area contributed by atoms with Gasteiger partial charge in [0.1, 0.15) is 0 Å². The highest BCUT2D eigenvalue weighted by molar-refractivity contribution is 5.73. The molecule has 1 aromatic carbocycles. The summed E-state index contributed by atoms with van der Waals surface area (Å²) in [5, 5.41) is 1.12. The van der Waals surface area contributed by atoms with Crippen LogP contribution in [0.1, 0.15) is 19.4 Å². The van der Waals surface area contributed by atoms with Crippen LogP contribution in [0.25, 0.3) is 5.70 Å². The molecule has 0 N–H and O–H groups in total.